The lowest BCUT2D eigenvalue weighted by molar-refractivity contribution is -0.126. The van der Waals surface area contributed by atoms with Gasteiger partial charge < -0.3 is 5.32 Å². The molecule has 0 aromatic rings. The summed E-state index contributed by atoms with van der Waals surface area (Å²) in [7, 11) is 0. The van der Waals surface area contributed by atoms with Gasteiger partial charge in [-0.3, -0.25) is 4.79 Å². The molecule has 2 atom stereocenters. The van der Waals surface area contributed by atoms with Crippen LogP contribution in [0.25, 0.3) is 0 Å². The van der Waals surface area contributed by atoms with Gasteiger partial charge in [-0.25, -0.2) is 0 Å². The Labute approximate surface area is 100 Å². The summed E-state index contributed by atoms with van der Waals surface area (Å²) in [4.78, 5) is 12.3. The van der Waals surface area contributed by atoms with E-state index < -0.39 is 0 Å². The average molecular weight is 274 g/mol. The highest BCUT2D eigenvalue weighted by Gasteiger charge is 2.47. The van der Waals surface area contributed by atoms with Gasteiger partial charge >= 0.3 is 0 Å². The molecular formula is C12H20BrNO. The van der Waals surface area contributed by atoms with Crippen LogP contribution >= 0.6 is 15.9 Å². The standard InChI is InChI=1S/C12H20BrNO/c1-9(13)8-14-11(15)10-3-2-4-12(7-10)5-6-12/h9-10H,2-8H2,1H3,(H,14,15). The third kappa shape index (κ3) is 2.96. The third-order valence-corrected chi connectivity index (χ3v) is 4.15. The molecule has 0 aromatic carbocycles. The van der Waals surface area contributed by atoms with Gasteiger partial charge in [-0.1, -0.05) is 29.3 Å². The van der Waals surface area contributed by atoms with E-state index >= 15 is 0 Å². The summed E-state index contributed by atoms with van der Waals surface area (Å²) < 4.78 is 0. The number of halogens is 1. The fourth-order valence-corrected chi connectivity index (χ4v) is 2.85. The van der Waals surface area contributed by atoms with Crippen LogP contribution < -0.4 is 5.32 Å². The first-order valence-corrected chi connectivity index (χ1v) is 6.95. The molecule has 0 radical (unpaired) electrons. The van der Waals surface area contributed by atoms with Crippen LogP contribution in [0.4, 0.5) is 0 Å². The first-order valence-electron chi connectivity index (χ1n) is 6.03. The zero-order chi connectivity index (χ0) is 10.9. The predicted molar refractivity (Wildman–Crippen MR) is 65.0 cm³/mol. The Morgan fingerprint density at radius 3 is 2.87 bits per heavy atom. The lowest BCUT2D eigenvalue weighted by Gasteiger charge is -2.28. The topological polar surface area (TPSA) is 29.1 Å². The molecule has 2 saturated carbocycles. The second kappa shape index (κ2) is 4.44. The molecule has 1 N–H and O–H groups in total. The van der Waals surface area contributed by atoms with E-state index in [-0.39, 0.29) is 5.91 Å². The second-order valence-electron chi connectivity index (χ2n) is 5.32. The number of hydrogen-bond acceptors (Lipinski definition) is 1. The van der Waals surface area contributed by atoms with Crippen LogP contribution in [0, 0.1) is 11.3 Å². The molecular weight excluding hydrogens is 254 g/mol. The van der Waals surface area contributed by atoms with Gasteiger partial charge in [0.05, 0.1) is 0 Å². The number of amides is 1. The molecule has 1 amide bonds. The van der Waals surface area contributed by atoms with Crippen molar-refractivity contribution in [2.45, 2.75) is 50.3 Å². The molecule has 3 heteroatoms. The molecule has 2 fully saturated rings. The number of hydrogen-bond donors (Lipinski definition) is 1. The number of alkyl halides is 1. The fraction of sp³-hybridized carbons (Fsp3) is 0.917. The van der Waals surface area contributed by atoms with Crippen LogP contribution in [0.3, 0.4) is 0 Å². The van der Waals surface area contributed by atoms with Crippen molar-refractivity contribution in [3.63, 3.8) is 0 Å². The molecule has 2 aliphatic rings. The second-order valence-corrected chi connectivity index (χ2v) is 6.88. The van der Waals surface area contributed by atoms with Crippen molar-refractivity contribution in [2.24, 2.45) is 11.3 Å². The van der Waals surface area contributed by atoms with Crippen LogP contribution in [0.5, 0.6) is 0 Å². The molecule has 2 aliphatic carbocycles. The average Bonchev–Trinajstić information content (AvgIpc) is 2.94. The van der Waals surface area contributed by atoms with Gasteiger partial charge in [0.15, 0.2) is 0 Å². The maximum absolute atomic E-state index is 11.9. The van der Waals surface area contributed by atoms with E-state index in [9.17, 15) is 4.79 Å². The fourth-order valence-electron chi connectivity index (χ4n) is 2.69. The third-order valence-electron chi connectivity index (χ3n) is 3.82. The van der Waals surface area contributed by atoms with Crippen molar-refractivity contribution >= 4 is 21.8 Å². The van der Waals surface area contributed by atoms with Gasteiger partial charge in [-0.05, 0) is 37.5 Å². The largest absolute Gasteiger partial charge is 0.355 e. The highest BCUT2D eigenvalue weighted by molar-refractivity contribution is 9.09. The van der Waals surface area contributed by atoms with E-state index in [1.807, 2.05) is 0 Å². The van der Waals surface area contributed by atoms with E-state index in [0.29, 0.717) is 16.2 Å². The summed E-state index contributed by atoms with van der Waals surface area (Å²) >= 11 is 3.45. The lowest BCUT2D eigenvalue weighted by atomic mass is 9.78. The Morgan fingerprint density at radius 1 is 1.53 bits per heavy atom. The van der Waals surface area contributed by atoms with Gasteiger partial charge in [0.25, 0.3) is 0 Å². The van der Waals surface area contributed by atoms with E-state index in [0.717, 1.165) is 19.4 Å². The monoisotopic (exact) mass is 273 g/mol. The predicted octanol–water partition coefficient (Wildman–Crippen LogP) is 2.86. The van der Waals surface area contributed by atoms with Gasteiger partial charge in [0.1, 0.15) is 0 Å². The van der Waals surface area contributed by atoms with Crippen LogP contribution in [0.1, 0.15) is 45.4 Å². The molecule has 15 heavy (non-hydrogen) atoms. The molecule has 0 heterocycles. The summed E-state index contributed by atoms with van der Waals surface area (Å²) in [6, 6.07) is 0. The first-order chi connectivity index (χ1) is 7.11. The van der Waals surface area contributed by atoms with Gasteiger partial charge in [0.2, 0.25) is 5.91 Å². The summed E-state index contributed by atoms with van der Waals surface area (Å²) in [5, 5.41) is 3.03. The zero-order valence-electron chi connectivity index (χ0n) is 9.39. The van der Waals surface area contributed by atoms with Crippen molar-refractivity contribution in [2.75, 3.05) is 6.54 Å². The van der Waals surface area contributed by atoms with Crippen molar-refractivity contribution in [1.29, 1.82) is 0 Å². The molecule has 0 bridgehead atoms. The minimum atomic E-state index is 0.285. The minimum absolute atomic E-state index is 0.285. The SMILES string of the molecule is CC(Br)CNC(=O)C1CCCC2(CC2)C1. The Balaban J connectivity index is 1.79. The van der Waals surface area contributed by atoms with Gasteiger partial charge in [0, 0.05) is 17.3 Å². The van der Waals surface area contributed by atoms with E-state index in [1.165, 1.54) is 25.7 Å². The minimum Gasteiger partial charge on any atom is -0.355 e. The number of carbonyl (C=O) groups is 1. The van der Waals surface area contributed by atoms with E-state index in [4.69, 9.17) is 0 Å². The van der Waals surface area contributed by atoms with Crippen LogP contribution in [-0.2, 0) is 4.79 Å². The quantitative estimate of drug-likeness (QED) is 0.788. The Hall–Kier alpha value is -0.0500. The van der Waals surface area contributed by atoms with Crippen molar-refractivity contribution in [3.8, 4) is 0 Å². The normalized spacial score (nSPS) is 29.9. The number of carbonyl (C=O) groups excluding carboxylic acids is 1. The van der Waals surface area contributed by atoms with Gasteiger partial charge in [-0.2, -0.15) is 0 Å². The van der Waals surface area contributed by atoms with Crippen LogP contribution in [0.15, 0.2) is 0 Å². The molecule has 0 aromatic heterocycles. The zero-order valence-corrected chi connectivity index (χ0v) is 11.0. The molecule has 2 unspecified atom stereocenters. The summed E-state index contributed by atoms with van der Waals surface area (Å²) in [5.41, 5.74) is 0.597. The van der Waals surface area contributed by atoms with Crippen molar-refractivity contribution < 1.29 is 4.79 Å². The highest BCUT2D eigenvalue weighted by Crippen LogP contribution is 2.57. The summed E-state index contributed by atoms with van der Waals surface area (Å²) in [6.45, 7) is 2.81. The van der Waals surface area contributed by atoms with Crippen LogP contribution in [-0.4, -0.2) is 17.3 Å². The van der Waals surface area contributed by atoms with Crippen LogP contribution in [0.2, 0.25) is 0 Å². The Bertz CT molecular complexity index is 248. The Morgan fingerprint density at radius 2 is 2.27 bits per heavy atom. The molecule has 0 aliphatic heterocycles. The summed E-state index contributed by atoms with van der Waals surface area (Å²) in [6.07, 6.45) is 7.60. The van der Waals surface area contributed by atoms with Gasteiger partial charge in [-0.15, -0.1) is 0 Å². The molecule has 0 saturated heterocycles. The lowest BCUT2D eigenvalue weighted by Crippen LogP contribution is -2.36. The highest BCUT2D eigenvalue weighted by atomic mass is 79.9. The number of nitrogens with one attached hydrogen (secondary N) is 1. The number of rotatable bonds is 3. The smallest absolute Gasteiger partial charge is 0.223 e. The molecule has 2 nitrogen and oxygen atoms in total. The molecule has 86 valence electrons. The molecule has 2 rings (SSSR count). The molecule has 1 spiro atoms. The Kier molecular flexibility index (Phi) is 3.39. The van der Waals surface area contributed by atoms with Crippen molar-refractivity contribution in [3.05, 3.63) is 0 Å². The summed E-state index contributed by atoms with van der Waals surface area (Å²) in [5.74, 6) is 0.583. The maximum Gasteiger partial charge on any atom is 0.223 e. The first kappa shape index (κ1) is 11.4. The van der Waals surface area contributed by atoms with E-state index in [1.54, 1.807) is 0 Å². The van der Waals surface area contributed by atoms with Crippen molar-refractivity contribution in [1.82, 2.24) is 5.32 Å². The van der Waals surface area contributed by atoms with E-state index in [2.05, 4.69) is 28.2 Å². The maximum atomic E-state index is 11.9.